The van der Waals surface area contributed by atoms with Crippen LogP contribution in [0, 0.1) is 17.0 Å². The fourth-order valence-electron chi connectivity index (χ4n) is 2.35. The summed E-state index contributed by atoms with van der Waals surface area (Å²) >= 11 is 12.7. The van der Waals surface area contributed by atoms with Crippen molar-refractivity contribution in [1.82, 2.24) is 9.55 Å². The van der Waals surface area contributed by atoms with Gasteiger partial charge in [-0.2, -0.15) is 0 Å². The molecule has 1 N–H and O–H groups in total. The number of aryl methyl sites for hydroxylation is 1. The molecule has 0 fully saturated rings. The molecule has 3 rings (SSSR count). The SMILES string of the molecule is Cc1ccc(OCOC(Cl)(Cc2ccc(Cl)cc2)n2ccnc2)cc1.O=[N+]([O-])O. The molecule has 10 heteroatoms. The molecule has 3 aromatic rings. The van der Waals surface area contributed by atoms with Crippen molar-refractivity contribution >= 4 is 23.2 Å². The summed E-state index contributed by atoms with van der Waals surface area (Å²) < 4.78 is 13.2. The lowest BCUT2D eigenvalue weighted by atomic mass is 10.1. The number of halogens is 2. The summed E-state index contributed by atoms with van der Waals surface area (Å²) in [5.41, 5.74) is 2.16. The fourth-order valence-corrected chi connectivity index (χ4v) is 2.77. The van der Waals surface area contributed by atoms with Gasteiger partial charge in [0.1, 0.15) is 5.75 Å². The number of hydrogen-bond donors (Lipinski definition) is 1. The molecule has 2 aromatic carbocycles. The molecule has 29 heavy (non-hydrogen) atoms. The van der Waals surface area contributed by atoms with Gasteiger partial charge in [-0.1, -0.05) is 53.0 Å². The number of rotatable bonds is 7. The number of ether oxygens (including phenoxy) is 2. The molecule has 0 aliphatic carbocycles. The number of hydrogen-bond acceptors (Lipinski definition) is 5. The number of alkyl halides is 1. The Morgan fingerprint density at radius 3 is 2.38 bits per heavy atom. The minimum absolute atomic E-state index is 0.0122. The average Bonchev–Trinajstić information content (AvgIpc) is 3.21. The van der Waals surface area contributed by atoms with Crippen LogP contribution < -0.4 is 4.74 Å². The van der Waals surface area contributed by atoms with Gasteiger partial charge in [0.25, 0.3) is 5.09 Å². The Hall–Kier alpha value is -2.81. The molecular formula is C19H19Cl2N3O5. The molecule has 0 bridgehead atoms. The number of nitrogens with zero attached hydrogens (tertiary/aromatic N) is 3. The molecule has 0 saturated heterocycles. The number of benzene rings is 2. The third kappa shape index (κ3) is 7.61. The quantitative estimate of drug-likeness (QED) is 0.249. The highest BCUT2D eigenvalue weighted by molar-refractivity contribution is 6.30. The van der Waals surface area contributed by atoms with E-state index in [-0.39, 0.29) is 6.79 Å². The van der Waals surface area contributed by atoms with E-state index in [1.165, 1.54) is 5.56 Å². The monoisotopic (exact) mass is 439 g/mol. The summed E-state index contributed by atoms with van der Waals surface area (Å²) in [6, 6.07) is 15.2. The third-order valence-corrected chi connectivity index (χ3v) is 4.44. The zero-order chi connectivity index (χ0) is 21.3. The summed E-state index contributed by atoms with van der Waals surface area (Å²) in [7, 11) is 0. The van der Waals surface area contributed by atoms with Gasteiger partial charge in [0.15, 0.2) is 6.79 Å². The van der Waals surface area contributed by atoms with Gasteiger partial charge in [-0.15, -0.1) is 10.1 Å². The van der Waals surface area contributed by atoms with Crippen LogP contribution in [0.25, 0.3) is 0 Å². The molecule has 1 atom stereocenters. The Morgan fingerprint density at radius 1 is 1.21 bits per heavy atom. The van der Waals surface area contributed by atoms with E-state index in [0.29, 0.717) is 11.4 Å². The van der Waals surface area contributed by atoms with Crippen LogP contribution in [-0.2, 0) is 16.3 Å². The minimum Gasteiger partial charge on any atom is -0.467 e. The van der Waals surface area contributed by atoms with E-state index in [4.69, 9.17) is 48.0 Å². The molecule has 8 nitrogen and oxygen atoms in total. The van der Waals surface area contributed by atoms with Crippen LogP contribution in [0.2, 0.25) is 5.02 Å². The zero-order valence-corrected chi connectivity index (χ0v) is 17.0. The molecule has 154 valence electrons. The molecule has 0 amide bonds. The molecule has 1 unspecified atom stereocenters. The van der Waals surface area contributed by atoms with Gasteiger partial charge in [-0.05, 0) is 36.8 Å². The van der Waals surface area contributed by atoms with Crippen LogP contribution in [0.15, 0.2) is 67.3 Å². The second-order valence-electron chi connectivity index (χ2n) is 5.92. The smallest absolute Gasteiger partial charge is 0.291 e. The Morgan fingerprint density at radius 2 is 1.83 bits per heavy atom. The lowest BCUT2D eigenvalue weighted by Crippen LogP contribution is -2.33. The summed E-state index contributed by atoms with van der Waals surface area (Å²) in [6.07, 6.45) is 5.46. The molecule has 0 aliphatic rings. The van der Waals surface area contributed by atoms with Crippen molar-refractivity contribution in [1.29, 1.82) is 0 Å². The van der Waals surface area contributed by atoms with E-state index in [1.54, 1.807) is 23.3 Å². The Balaban J connectivity index is 0.000000687. The van der Waals surface area contributed by atoms with Crippen LogP contribution >= 0.6 is 23.2 Å². The van der Waals surface area contributed by atoms with Gasteiger partial charge >= 0.3 is 0 Å². The number of aromatic nitrogens is 2. The summed E-state index contributed by atoms with van der Waals surface area (Å²) in [5, 5.41) is 13.2. The highest BCUT2D eigenvalue weighted by atomic mass is 35.5. The van der Waals surface area contributed by atoms with E-state index < -0.39 is 10.3 Å². The third-order valence-electron chi connectivity index (χ3n) is 3.75. The van der Waals surface area contributed by atoms with E-state index in [9.17, 15) is 0 Å². The van der Waals surface area contributed by atoms with Crippen LogP contribution in [-0.4, -0.2) is 26.6 Å². The standard InChI is InChI=1S/C19H18Cl2N2O2.HNO3/c1-15-2-8-18(9-3-15)24-14-25-19(21,23-11-10-22-13-23)12-16-4-6-17(20)7-5-16;2-1(3)4/h2-11,13H,12,14H2,1H3;(H,2,3,4). The van der Waals surface area contributed by atoms with Crippen molar-refractivity contribution in [2.45, 2.75) is 18.5 Å². The zero-order valence-electron chi connectivity index (χ0n) is 15.4. The van der Waals surface area contributed by atoms with Gasteiger partial charge in [-0.3, -0.25) is 4.57 Å². The molecular weight excluding hydrogens is 421 g/mol. The Kier molecular flexibility index (Phi) is 8.26. The maximum atomic E-state index is 8.36. The Labute approximate surface area is 177 Å². The molecule has 0 radical (unpaired) electrons. The lowest BCUT2D eigenvalue weighted by Gasteiger charge is -2.28. The van der Waals surface area contributed by atoms with Crippen molar-refractivity contribution < 1.29 is 19.8 Å². The second-order valence-corrected chi connectivity index (χ2v) is 6.95. The first kappa shape index (κ1) is 22.5. The van der Waals surface area contributed by atoms with Crippen LogP contribution in [0.1, 0.15) is 11.1 Å². The predicted molar refractivity (Wildman–Crippen MR) is 108 cm³/mol. The summed E-state index contributed by atoms with van der Waals surface area (Å²) in [5.74, 6) is 0.724. The lowest BCUT2D eigenvalue weighted by molar-refractivity contribution is -0.742. The van der Waals surface area contributed by atoms with Crippen molar-refractivity contribution in [2.75, 3.05) is 6.79 Å². The first-order chi connectivity index (χ1) is 13.8. The topological polar surface area (TPSA) is 99.7 Å². The molecule has 0 aliphatic heterocycles. The van der Waals surface area contributed by atoms with Gasteiger partial charge < -0.3 is 14.7 Å². The predicted octanol–water partition coefficient (Wildman–Crippen LogP) is 4.64. The average molecular weight is 440 g/mol. The summed E-state index contributed by atoms with van der Waals surface area (Å²) in [4.78, 5) is 12.4. The van der Waals surface area contributed by atoms with Gasteiger partial charge in [0, 0.05) is 23.8 Å². The van der Waals surface area contributed by atoms with Gasteiger partial charge in [-0.25, -0.2) is 4.98 Å². The largest absolute Gasteiger partial charge is 0.467 e. The van der Waals surface area contributed by atoms with Crippen LogP contribution in [0.4, 0.5) is 0 Å². The normalized spacial score (nSPS) is 12.4. The molecule has 1 heterocycles. The maximum absolute atomic E-state index is 8.36. The van der Waals surface area contributed by atoms with E-state index in [0.717, 1.165) is 11.3 Å². The van der Waals surface area contributed by atoms with Crippen molar-refractivity contribution in [3.8, 4) is 5.75 Å². The van der Waals surface area contributed by atoms with E-state index in [2.05, 4.69) is 4.98 Å². The second kappa shape index (κ2) is 10.7. The highest BCUT2D eigenvalue weighted by Crippen LogP contribution is 2.29. The van der Waals surface area contributed by atoms with Gasteiger partial charge in [0.2, 0.25) is 5.18 Å². The first-order valence-corrected chi connectivity index (χ1v) is 9.12. The first-order valence-electron chi connectivity index (χ1n) is 8.37. The minimum atomic E-state index is -1.50. The molecule has 0 spiro atoms. The van der Waals surface area contributed by atoms with Crippen LogP contribution in [0.5, 0.6) is 5.75 Å². The maximum Gasteiger partial charge on any atom is 0.291 e. The number of imidazole rings is 1. The van der Waals surface area contributed by atoms with Crippen LogP contribution in [0.3, 0.4) is 0 Å². The molecule has 0 saturated carbocycles. The molecule has 1 aromatic heterocycles. The fraction of sp³-hybridized carbons (Fsp3) is 0.211. The van der Waals surface area contributed by atoms with E-state index in [1.807, 2.05) is 55.5 Å². The van der Waals surface area contributed by atoms with Crippen molar-refractivity contribution in [3.63, 3.8) is 0 Å². The van der Waals surface area contributed by atoms with Gasteiger partial charge in [0.05, 0.1) is 6.33 Å². The Bertz CT molecular complexity index is 885. The van der Waals surface area contributed by atoms with E-state index >= 15 is 0 Å². The van der Waals surface area contributed by atoms with Crippen molar-refractivity contribution in [2.24, 2.45) is 0 Å². The highest BCUT2D eigenvalue weighted by Gasteiger charge is 2.31. The van der Waals surface area contributed by atoms with Crippen molar-refractivity contribution in [3.05, 3.63) is 93.5 Å². The summed E-state index contributed by atoms with van der Waals surface area (Å²) in [6.45, 7) is 2.04.